The summed E-state index contributed by atoms with van der Waals surface area (Å²) in [6.07, 6.45) is 2.14. The number of amides is 1. The Morgan fingerprint density at radius 1 is 1.35 bits per heavy atom. The molecule has 2 fully saturated rings. The number of aryl methyl sites for hydroxylation is 2. The Bertz CT molecular complexity index is 566. The van der Waals surface area contributed by atoms with Crippen LogP contribution in [0.25, 0.3) is 0 Å². The maximum absolute atomic E-state index is 12.6. The summed E-state index contributed by atoms with van der Waals surface area (Å²) in [6.45, 7) is 6.10. The largest absolute Gasteiger partial charge is 0.481 e. The topological polar surface area (TPSA) is 59.8 Å². The molecule has 1 atom stereocenters. The Kier molecular flexibility index (Phi) is 4.87. The third kappa shape index (κ3) is 3.21. The maximum Gasteiger partial charge on any atom is 0.236 e. The molecule has 128 valence electrons. The number of likely N-dealkylation sites (tertiary alicyclic amines) is 1. The van der Waals surface area contributed by atoms with Gasteiger partial charge >= 0.3 is 0 Å². The first kappa shape index (κ1) is 16.3. The van der Waals surface area contributed by atoms with E-state index in [1.165, 1.54) is 0 Å². The molecule has 0 saturated carbocycles. The van der Waals surface area contributed by atoms with Gasteiger partial charge in [0.1, 0.15) is 0 Å². The molecule has 0 radical (unpaired) electrons. The minimum Gasteiger partial charge on any atom is -0.481 e. The molecular formula is C16H26N4O3. The standard InChI is InChI=1S/C16H26N4O3/c1-12-15(16(22-3)18(2)17-12)13-5-4-6-20(13)11-14(21)19-7-9-23-10-8-19/h13H,4-11H2,1-3H3. The number of methoxy groups -OCH3 is 1. The summed E-state index contributed by atoms with van der Waals surface area (Å²) in [4.78, 5) is 16.7. The van der Waals surface area contributed by atoms with Crippen molar-refractivity contribution < 1.29 is 14.3 Å². The van der Waals surface area contributed by atoms with Gasteiger partial charge < -0.3 is 14.4 Å². The predicted octanol–water partition coefficient (Wildman–Crippen LogP) is 0.733. The second kappa shape index (κ2) is 6.88. The molecule has 2 aliphatic heterocycles. The average molecular weight is 322 g/mol. The van der Waals surface area contributed by atoms with Crippen molar-refractivity contribution in [3.63, 3.8) is 0 Å². The Morgan fingerprint density at radius 3 is 2.78 bits per heavy atom. The summed E-state index contributed by atoms with van der Waals surface area (Å²) >= 11 is 0. The van der Waals surface area contributed by atoms with Crippen LogP contribution in [0.5, 0.6) is 5.88 Å². The van der Waals surface area contributed by atoms with Gasteiger partial charge in [0.05, 0.1) is 38.1 Å². The van der Waals surface area contributed by atoms with Gasteiger partial charge in [-0.25, -0.2) is 4.68 Å². The predicted molar refractivity (Wildman–Crippen MR) is 85.4 cm³/mol. The first-order valence-electron chi connectivity index (χ1n) is 8.29. The van der Waals surface area contributed by atoms with Crippen molar-refractivity contribution in [3.8, 4) is 5.88 Å². The van der Waals surface area contributed by atoms with E-state index in [-0.39, 0.29) is 11.9 Å². The van der Waals surface area contributed by atoms with E-state index in [4.69, 9.17) is 9.47 Å². The Hall–Kier alpha value is -1.60. The highest BCUT2D eigenvalue weighted by Gasteiger charge is 2.34. The Morgan fingerprint density at radius 2 is 2.09 bits per heavy atom. The van der Waals surface area contributed by atoms with Gasteiger partial charge in [-0.1, -0.05) is 0 Å². The SMILES string of the molecule is COc1c(C2CCCN2CC(=O)N2CCOCC2)c(C)nn1C. The number of hydrogen-bond acceptors (Lipinski definition) is 5. The molecule has 1 amide bonds. The molecule has 0 spiro atoms. The second-order valence-electron chi connectivity index (χ2n) is 6.25. The molecule has 0 N–H and O–H groups in total. The third-order valence-electron chi connectivity index (χ3n) is 4.81. The number of rotatable bonds is 4. The normalized spacial score (nSPS) is 22.6. The quantitative estimate of drug-likeness (QED) is 0.818. The fourth-order valence-electron chi connectivity index (χ4n) is 3.71. The molecule has 0 aliphatic carbocycles. The first-order chi connectivity index (χ1) is 11.1. The molecule has 23 heavy (non-hydrogen) atoms. The van der Waals surface area contributed by atoms with E-state index in [0.29, 0.717) is 32.8 Å². The number of aromatic nitrogens is 2. The molecule has 1 aromatic heterocycles. The number of ether oxygens (including phenoxy) is 2. The fraction of sp³-hybridized carbons (Fsp3) is 0.750. The minimum atomic E-state index is 0.195. The summed E-state index contributed by atoms with van der Waals surface area (Å²) in [6, 6.07) is 0.212. The van der Waals surface area contributed by atoms with Gasteiger partial charge in [-0.3, -0.25) is 9.69 Å². The van der Waals surface area contributed by atoms with Crippen LogP contribution in [0.1, 0.15) is 30.1 Å². The molecule has 2 aliphatic rings. The van der Waals surface area contributed by atoms with Crippen LogP contribution in [0.3, 0.4) is 0 Å². The lowest BCUT2D eigenvalue weighted by Crippen LogP contribution is -2.45. The molecule has 3 rings (SSSR count). The fourth-order valence-corrected chi connectivity index (χ4v) is 3.71. The summed E-state index contributed by atoms with van der Waals surface area (Å²) < 4.78 is 12.6. The Labute approximate surface area is 137 Å². The van der Waals surface area contributed by atoms with E-state index >= 15 is 0 Å². The van der Waals surface area contributed by atoms with Gasteiger partial charge in [-0.2, -0.15) is 5.10 Å². The van der Waals surface area contributed by atoms with Crippen molar-refractivity contribution in [1.29, 1.82) is 0 Å². The maximum atomic E-state index is 12.6. The Balaban J connectivity index is 1.74. The molecule has 7 heteroatoms. The number of carbonyl (C=O) groups is 1. The van der Waals surface area contributed by atoms with Gasteiger partial charge in [0.25, 0.3) is 0 Å². The van der Waals surface area contributed by atoms with Crippen LogP contribution in [0.2, 0.25) is 0 Å². The van der Waals surface area contributed by atoms with Crippen molar-refractivity contribution in [2.45, 2.75) is 25.8 Å². The molecule has 1 unspecified atom stereocenters. The summed E-state index contributed by atoms with van der Waals surface area (Å²) in [7, 11) is 3.58. The summed E-state index contributed by atoms with van der Waals surface area (Å²) in [5.41, 5.74) is 2.11. The number of nitrogens with zero attached hydrogens (tertiary/aromatic N) is 4. The molecular weight excluding hydrogens is 296 g/mol. The average Bonchev–Trinajstić information content (AvgIpc) is 3.11. The van der Waals surface area contributed by atoms with Crippen LogP contribution in [0.4, 0.5) is 0 Å². The van der Waals surface area contributed by atoms with E-state index in [2.05, 4.69) is 10.00 Å². The van der Waals surface area contributed by atoms with Gasteiger partial charge in [-0.05, 0) is 26.3 Å². The summed E-state index contributed by atoms with van der Waals surface area (Å²) in [5, 5.41) is 4.48. The van der Waals surface area contributed by atoms with Crippen LogP contribution in [-0.2, 0) is 16.6 Å². The van der Waals surface area contributed by atoms with E-state index in [1.54, 1.807) is 11.8 Å². The van der Waals surface area contributed by atoms with Crippen LogP contribution in [0.15, 0.2) is 0 Å². The smallest absolute Gasteiger partial charge is 0.236 e. The van der Waals surface area contributed by atoms with Crippen molar-refractivity contribution in [2.75, 3.05) is 46.5 Å². The molecule has 0 aromatic carbocycles. The van der Waals surface area contributed by atoms with E-state index < -0.39 is 0 Å². The minimum absolute atomic E-state index is 0.195. The van der Waals surface area contributed by atoms with Crippen molar-refractivity contribution in [1.82, 2.24) is 19.6 Å². The van der Waals surface area contributed by atoms with Crippen LogP contribution >= 0.6 is 0 Å². The number of hydrogen-bond donors (Lipinski definition) is 0. The lowest BCUT2D eigenvalue weighted by Gasteiger charge is -2.30. The zero-order valence-electron chi connectivity index (χ0n) is 14.2. The van der Waals surface area contributed by atoms with Gasteiger partial charge in [0.2, 0.25) is 11.8 Å². The van der Waals surface area contributed by atoms with E-state index in [0.717, 1.165) is 36.5 Å². The highest BCUT2D eigenvalue weighted by atomic mass is 16.5. The van der Waals surface area contributed by atoms with E-state index in [1.807, 2.05) is 18.9 Å². The molecule has 0 bridgehead atoms. The highest BCUT2D eigenvalue weighted by Crippen LogP contribution is 2.38. The van der Waals surface area contributed by atoms with Gasteiger partial charge in [0.15, 0.2) is 0 Å². The van der Waals surface area contributed by atoms with Crippen LogP contribution in [0, 0.1) is 6.92 Å². The molecule has 2 saturated heterocycles. The molecule has 3 heterocycles. The number of carbonyl (C=O) groups excluding carboxylic acids is 1. The third-order valence-corrected chi connectivity index (χ3v) is 4.81. The van der Waals surface area contributed by atoms with E-state index in [9.17, 15) is 4.79 Å². The van der Waals surface area contributed by atoms with Crippen molar-refractivity contribution in [2.24, 2.45) is 7.05 Å². The van der Waals surface area contributed by atoms with Crippen molar-refractivity contribution >= 4 is 5.91 Å². The highest BCUT2D eigenvalue weighted by molar-refractivity contribution is 5.78. The van der Waals surface area contributed by atoms with Crippen LogP contribution in [-0.4, -0.2) is 72.0 Å². The van der Waals surface area contributed by atoms with Crippen LogP contribution < -0.4 is 4.74 Å². The zero-order valence-corrected chi connectivity index (χ0v) is 14.2. The lowest BCUT2D eigenvalue weighted by molar-refractivity contribution is -0.136. The first-order valence-corrected chi connectivity index (χ1v) is 8.29. The lowest BCUT2D eigenvalue weighted by atomic mass is 10.0. The second-order valence-corrected chi connectivity index (χ2v) is 6.25. The summed E-state index contributed by atoms with van der Waals surface area (Å²) in [5.74, 6) is 0.999. The molecule has 1 aromatic rings. The van der Waals surface area contributed by atoms with Gasteiger partial charge in [0, 0.05) is 26.2 Å². The number of morpholine rings is 1. The molecule has 7 nitrogen and oxygen atoms in total. The zero-order chi connectivity index (χ0) is 16.4. The van der Waals surface area contributed by atoms with Gasteiger partial charge in [-0.15, -0.1) is 0 Å². The monoisotopic (exact) mass is 322 g/mol. The van der Waals surface area contributed by atoms with Crippen molar-refractivity contribution in [3.05, 3.63) is 11.3 Å².